The Labute approximate surface area is 105 Å². The van der Waals surface area contributed by atoms with Gasteiger partial charge >= 0.3 is 0 Å². The van der Waals surface area contributed by atoms with Crippen LogP contribution in [0, 0.1) is 0 Å². The molecule has 94 valence electrons. The van der Waals surface area contributed by atoms with E-state index in [9.17, 15) is 10.2 Å². The SMILES string of the molecule is OCc1nnn(Cc2ccccc2O)c1C1CC1. The topological polar surface area (TPSA) is 71.2 Å². The molecule has 1 aromatic heterocycles. The number of aromatic nitrogens is 3. The van der Waals surface area contributed by atoms with E-state index in [1.165, 1.54) is 0 Å². The van der Waals surface area contributed by atoms with Crippen molar-refractivity contribution >= 4 is 0 Å². The fourth-order valence-corrected chi connectivity index (χ4v) is 2.19. The maximum absolute atomic E-state index is 9.77. The number of para-hydroxylation sites is 1. The number of benzene rings is 1. The van der Waals surface area contributed by atoms with Crippen LogP contribution in [0.1, 0.15) is 35.7 Å². The van der Waals surface area contributed by atoms with Gasteiger partial charge in [0, 0.05) is 11.5 Å². The average molecular weight is 245 g/mol. The van der Waals surface area contributed by atoms with Crippen molar-refractivity contribution in [2.75, 3.05) is 0 Å². The zero-order valence-corrected chi connectivity index (χ0v) is 9.95. The van der Waals surface area contributed by atoms with Crippen LogP contribution >= 0.6 is 0 Å². The molecule has 0 amide bonds. The van der Waals surface area contributed by atoms with Crippen LogP contribution in [0.25, 0.3) is 0 Å². The Morgan fingerprint density at radius 3 is 2.72 bits per heavy atom. The van der Waals surface area contributed by atoms with Gasteiger partial charge in [-0.1, -0.05) is 23.4 Å². The number of nitrogens with zero attached hydrogens (tertiary/aromatic N) is 3. The zero-order valence-electron chi connectivity index (χ0n) is 9.95. The van der Waals surface area contributed by atoms with E-state index in [2.05, 4.69) is 10.3 Å². The molecular formula is C13H15N3O2. The average Bonchev–Trinajstić information content (AvgIpc) is 3.14. The van der Waals surface area contributed by atoms with Crippen molar-refractivity contribution in [1.82, 2.24) is 15.0 Å². The highest BCUT2D eigenvalue weighted by Crippen LogP contribution is 2.41. The fraction of sp³-hybridized carbons (Fsp3) is 0.385. The third-order valence-electron chi connectivity index (χ3n) is 3.27. The number of aliphatic hydroxyl groups is 1. The lowest BCUT2D eigenvalue weighted by molar-refractivity contribution is 0.275. The Morgan fingerprint density at radius 2 is 2.06 bits per heavy atom. The highest BCUT2D eigenvalue weighted by Gasteiger charge is 2.31. The molecule has 2 aromatic rings. The third kappa shape index (κ3) is 1.97. The lowest BCUT2D eigenvalue weighted by atomic mass is 10.2. The number of hydrogen-bond donors (Lipinski definition) is 2. The summed E-state index contributed by atoms with van der Waals surface area (Å²) < 4.78 is 1.79. The van der Waals surface area contributed by atoms with Crippen molar-refractivity contribution in [2.45, 2.75) is 31.9 Å². The monoisotopic (exact) mass is 245 g/mol. The van der Waals surface area contributed by atoms with Gasteiger partial charge in [0.05, 0.1) is 18.8 Å². The summed E-state index contributed by atoms with van der Waals surface area (Å²) in [6.07, 6.45) is 2.25. The van der Waals surface area contributed by atoms with Gasteiger partial charge in [-0.15, -0.1) is 5.10 Å². The van der Waals surface area contributed by atoms with Crippen LogP contribution in [0.4, 0.5) is 0 Å². The van der Waals surface area contributed by atoms with Gasteiger partial charge in [0.15, 0.2) is 0 Å². The first kappa shape index (κ1) is 11.2. The van der Waals surface area contributed by atoms with Crippen molar-refractivity contribution in [3.05, 3.63) is 41.2 Å². The van der Waals surface area contributed by atoms with Crippen LogP contribution in [0.15, 0.2) is 24.3 Å². The van der Waals surface area contributed by atoms with E-state index in [1.807, 2.05) is 12.1 Å². The summed E-state index contributed by atoms with van der Waals surface area (Å²) in [4.78, 5) is 0. The van der Waals surface area contributed by atoms with Gasteiger partial charge in [-0.05, 0) is 18.9 Å². The highest BCUT2D eigenvalue weighted by atomic mass is 16.3. The largest absolute Gasteiger partial charge is 0.508 e. The molecule has 0 atom stereocenters. The maximum atomic E-state index is 9.77. The van der Waals surface area contributed by atoms with E-state index in [0.717, 1.165) is 24.1 Å². The van der Waals surface area contributed by atoms with E-state index in [0.29, 0.717) is 18.2 Å². The van der Waals surface area contributed by atoms with E-state index in [4.69, 9.17) is 0 Å². The minimum absolute atomic E-state index is 0.0768. The zero-order chi connectivity index (χ0) is 12.5. The molecule has 0 aliphatic heterocycles. The summed E-state index contributed by atoms with van der Waals surface area (Å²) in [5, 5.41) is 27.1. The smallest absolute Gasteiger partial charge is 0.120 e. The number of aliphatic hydroxyl groups excluding tert-OH is 1. The summed E-state index contributed by atoms with van der Waals surface area (Å²) >= 11 is 0. The Kier molecular flexibility index (Phi) is 2.76. The van der Waals surface area contributed by atoms with Crippen LogP contribution in [0.5, 0.6) is 5.75 Å². The second kappa shape index (κ2) is 4.42. The molecule has 0 unspecified atom stereocenters. The van der Waals surface area contributed by atoms with Crippen molar-refractivity contribution < 1.29 is 10.2 Å². The van der Waals surface area contributed by atoms with Gasteiger partial charge in [-0.2, -0.15) is 0 Å². The molecule has 1 fully saturated rings. The van der Waals surface area contributed by atoms with Gasteiger partial charge in [0.25, 0.3) is 0 Å². The van der Waals surface area contributed by atoms with Crippen LogP contribution in [-0.2, 0) is 13.2 Å². The number of aromatic hydroxyl groups is 1. The molecule has 5 heteroatoms. The number of phenols is 1. The molecule has 0 spiro atoms. The van der Waals surface area contributed by atoms with Gasteiger partial charge in [-0.3, -0.25) is 0 Å². The summed E-state index contributed by atoms with van der Waals surface area (Å²) in [5.41, 5.74) is 2.49. The molecule has 1 heterocycles. The van der Waals surface area contributed by atoms with E-state index >= 15 is 0 Å². The van der Waals surface area contributed by atoms with Crippen molar-refractivity contribution in [3.63, 3.8) is 0 Å². The third-order valence-corrected chi connectivity index (χ3v) is 3.27. The quantitative estimate of drug-likeness (QED) is 0.854. The molecule has 1 aliphatic carbocycles. The van der Waals surface area contributed by atoms with Crippen molar-refractivity contribution in [1.29, 1.82) is 0 Å². The summed E-state index contributed by atoms with van der Waals surface area (Å²) in [5.74, 6) is 0.730. The molecule has 3 rings (SSSR count). The normalized spacial score (nSPS) is 14.9. The molecule has 0 radical (unpaired) electrons. The van der Waals surface area contributed by atoms with Gasteiger partial charge in [-0.25, -0.2) is 4.68 Å². The lowest BCUT2D eigenvalue weighted by Crippen LogP contribution is -2.07. The van der Waals surface area contributed by atoms with Crippen LogP contribution in [-0.4, -0.2) is 25.2 Å². The standard InChI is InChI=1S/C13H15N3O2/c17-8-11-13(9-5-6-9)16(15-14-11)7-10-3-1-2-4-12(10)18/h1-4,9,17-18H,5-8H2. The minimum Gasteiger partial charge on any atom is -0.508 e. The second-order valence-electron chi connectivity index (χ2n) is 4.64. The molecule has 18 heavy (non-hydrogen) atoms. The van der Waals surface area contributed by atoms with E-state index < -0.39 is 0 Å². The first-order chi connectivity index (χ1) is 8.79. The van der Waals surface area contributed by atoms with Gasteiger partial charge in [0.2, 0.25) is 0 Å². The van der Waals surface area contributed by atoms with Crippen LogP contribution < -0.4 is 0 Å². The fourth-order valence-electron chi connectivity index (χ4n) is 2.19. The highest BCUT2D eigenvalue weighted by molar-refractivity contribution is 5.32. The second-order valence-corrected chi connectivity index (χ2v) is 4.64. The summed E-state index contributed by atoms with van der Waals surface area (Å²) in [6.45, 7) is 0.415. The van der Waals surface area contributed by atoms with Crippen LogP contribution in [0.3, 0.4) is 0 Å². The lowest BCUT2D eigenvalue weighted by Gasteiger charge is -2.08. The summed E-state index contributed by atoms with van der Waals surface area (Å²) in [7, 11) is 0. The predicted octanol–water partition coefficient (Wildman–Crippen LogP) is 1.40. The maximum Gasteiger partial charge on any atom is 0.120 e. The van der Waals surface area contributed by atoms with Crippen LogP contribution in [0.2, 0.25) is 0 Å². The summed E-state index contributed by atoms with van der Waals surface area (Å²) in [6, 6.07) is 7.21. The minimum atomic E-state index is -0.0768. The molecule has 2 N–H and O–H groups in total. The molecule has 1 saturated carbocycles. The Hall–Kier alpha value is -1.88. The molecular weight excluding hydrogens is 230 g/mol. The Balaban J connectivity index is 1.93. The number of hydrogen-bond acceptors (Lipinski definition) is 4. The van der Waals surface area contributed by atoms with Gasteiger partial charge in [0.1, 0.15) is 11.4 Å². The number of rotatable bonds is 4. The predicted molar refractivity (Wildman–Crippen MR) is 65.1 cm³/mol. The molecule has 0 bridgehead atoms. The Morgan fingerprint density at radius 1 is 1.28 bits per heavy atom. The first-order valence-electron chi connectivity index (χ1n) is 6.09. The van der Waals surface area contributed by atoms with E-state index in [-0.39, 0.29) is 12.4 Å². The molecule has 5 nitrogen and oxygen atoms in total. The van der Waals surface area contributed by atoms with Crippen molar-refractivity contribution in [2.24, 2.45) is 0 Å². The van der Waals surface area contributed by atoms with Crippen molar-refractivity contribution in [3.8, 4) is 5.75 Å². The Bertz CT molecular complexity index is 561. The van der Waals surface area contributed by atoms with Gasteiger partial charge < -0.3 is 10.2 Å². The number of phenolic OH excluding ortho intramolecular Hbond substituents is 1. The molecule has 1 aromatic carbocycles. The first-order valence-corrected chi connectivity index (χ1v) is 6.09. The molecule has 1 aliphatic rings. The molecule has 0 saturated heterocycles. The van der Waals surface area contributed by atoms with E-state index in [1.54, 1.807) is 16.8 Å².